The van der Waals surface area contributed by atoms with E-state index >= 15 is 0 Å². The Morgan fingerprint density at radius 1 is 1.22 bits per heavy atom. The van der Waals surface area contributed by atoms with E-state index in [0.29, 0.717) is 13.1 Å². The van der Waals surface area contributed by atoms with E-state index in [1.807, 2.05) is 25.2 Å². The number of urea groups is 1. The molecule has 7 heteroatoms. The quantitative estimate of drug-likeness (QED) is 0.776. The molecular formula is C20H30N4O3. The number of likely N-dealkylation sites (N-methyl/N-ethyl adjacent to an activating group) is 2. The second kappa shape index (κ2) is 7.48. The number of amides is 3. The highest BCUT2D eigenvalue weighted by molar-refractivity contribution is 5.84. The summed E-state index contributed by atoms with van der Waals surface area (Å²) in [5.41, 5.74) is 6.14. The van der Waals surface area contributed by atoms with Crippen LogP contribution in [-0.2, 0) is 10.3 Å². The first-order valence-corrected chi connectivity index (χ1v) is 9.53. The van der Waals surface area contributed by atoms with Crippen LogP contribution in [0.15, 0.2) is 30.3 Å². The minimum Gasteiger partial charge on any atom is -0.395 e. The van der Waals surface area contributed by atoms with Gasteiger partial charge >= 0.3 is 6.03 Å². The highest BCUT2D eigenvalue weighted by Gasteiger charge is 2.53. The fraction of sp³-hybridized carbons (Fsp3) is 0.600. The summed E-state index contributed by atoms with van der Waals surface area (Å²) in [5.74, 6) is -0.481. The molecule has 0 bridgehead atoms. The van der Waals surface area contributed by atoms with Crippen molar-refractivity contribution in [1.29, 1.82) is 0 Å². The normalized spacial score (nSPS) is 28.4. The van der Waals surface area contributed by atoms with Crippen LogP contribution < -0.4 is 5.73 Å². The van der Waals surface area contributed by atoms with Crippen molar-refractivity contribution in [3.63, 3.8) is 0 Å². The van der Waals surface area contributed by atoms with Crippen LogP contribution >= 0.6 is 0 Å². The molecule has 7 nitrogen and oxygen atoms in total. The van der Waals surface area contributed by atoms with E-state index in [2.05, 4.69) is 24.1 Å². The molecule has 1 heterocycles. The first-order valence-electron chi connectivity index (χ1n) is 9.53. The predicted octanol–water partition coefficient (Wildman–Crippen LogP) is 0.972. The lowest BCUT2D eigenvalue weighted by Gasteiger charge is -2.51. The Labute approximate surface area is 160 Å². The number of nitrogens with zero attached hydrogens (tertiary/aromatic N) is 3. The van der Waals surface area contributed by atoms with Crippen LogP contribution in [0.4, 0.5) is 4.79 Å². The first-order chi connectivity index (χ1) is 12.8. The van der Waals surface area contributed by atoms with Crippen LogP contribution in [0, 0.1) is 0 Å². The molecule has 3 N–H and O–H groups in total. The number of carbonyl (C=O) groups excluding carboxylic acids is 2. The van der Waals surface area contributed by atoms with Gasteiger partial charge in [0, 0.05) is 25.7 Å². The van der Waals surface area contributed by atoms with Crippen LogP contribution in [0.2, 0.25) is 0 Å². The van der Waals surface area contributed by atoms with Crippen LogP contribution in [0.25, 0.3) is 0 Å². The Bertz CT molecular complexity index is 686. The molecule has 0 atom stereocenters. The highest BCUT2D eigenvalue weighted by Crippen LogP contribution is 2.48. The molecular weight excluding hydrogens is 344 g/mol. The molecule has 1 spiro atoms. The monoisotopic (exact) mass is 374 g/mol. The molecule has 3 rings (SSSR count). The lowest BCUT2D eigenvalue weighted by atomic mass is 9.68. The largest absolute Gasteiger partial charge is 0.395 e. The van der Waals surface area contributed by atoms with Gasteiger partial charge in [0.1, 0.15) is 6.54 Å². The lowest BCUT2D eigenvalue weighted by Crippen LogP contribution is -2.55. The third kappa shape index (κ3) is 3.41. The molecule has 148 valence electrons. The van der Waals surface area contributed by atoms with Crippen LogP contribution in [0.5, 0.6) is 0 Å². The van der Waals surface area contributed by atoms with Gasteiger partial charge in [-0.3, -0.25) is 9.69 Å². The Hall–Kier alpha value is -2.12. The summed E-state index contributed by atoms with van der Waals surface area (Å²) in [6, 6.07) is 10.3. The molecule has 1 saturated heterocycles. The summed E-state index contributed by atoms with van der Waals surface area (Å²) < 4.78 is 0. The van der Waals surface area contributed by atoms with Gasteiger partial charge in [-0.05, 0) is 38.3 Å². The van der Waals surface area contributed by atoms with E-state index in [1.165, 1.54) is 5.56 Å². The molecule has 1 aliphatic heterocycles. The Morgan fingerprint density at radius 3 is 2.41 bits per heavy atom. The maximum Gasteiger partial charge on any atom is 0.320 e. The molecule has 0 radical (unpaired) electrons. The third-order valence-electron chi connectivity index (χ3n) is 6.59. The summed E-state index contributed by atoms with van der Waals surface area (Å²) >= 11 is 0. The van der Waals surface area contributed by atoms with Crippen molar-refractivity contribution in [3.8, 4) is 0 Å². The smallest absolute Gasteiger partial charge is 0.320 e. The summed E-state index contributed by atoms with van der Waals surface area (Å²) in [6.07, 6.45) is 3.45. The van der Waals surface area contributed by atoms with E-state index in [9.17, 15) is 14.7 Å². The summed E-state index contributed by atoms with van der Waals surface area (Å²) in [5, 5.41) is 9.48. The van der Waals surface area contributed by atoms with Gasteiger partial charge in [0.05, 0.1) is 12.1 Å². The maximum atomic E-state index is 12.6. The van der Waals surface area contributed by atoms with Gasteiger partial charge in [-0.25, -0.2) is 4.79 Å². The molecule has 27 heavy (non-hydrogen) atoms. The van der Waals surface area contributed by atoms with Crippen molar-refractivity contribution in [2.24, 2.45) is 5.73 Å². The minimum atomic E-state index is -0.481. The minimum absolute atomic E-state index is 0.0286. The third-order valence-corrected chi connectivity index (χ3v) is 6.59. The second-order valence-electron chi connectivity index (χ2n) is 7.93. The maximum absolute atomic E-state index is 12.6. The number of benzene rings is 1. The van der Waals surface area contributed by atoms with Gasteiger partial charge < -0.3 is 20.6 Å². The summed E-state index contributed by atoms with van der Waals surface area (Å²) in [7, 11) is 3.89. The average molecular weight is 374 g/mol. The van der Waals surface area contributed by atoms with Gasteiger partial charge in [0.15, 0.2) is 0 Å². The van der Waals surface area contributed by atoms with E-state index < -0.39 is 5.91 Å². The van der Waals surface area contributed by atoms with Crippen molar-refractivity contribution >= 4 is 11.9 Å². The van der Waals surface area contributed by atoms with Crippen molar-refractivity contribution in [1.82, 2.24) is 14.7 Å². The van der Waals surface area contributed by atoms with Gasteiger partial charge in [-0.1, -0.05) is 30.3 Å². The van der Waals surface area contributed by atoms with Crippen molar-refractivity contribution in [2.45, 2.75) is 36.8 Å². The van der Waals surface area contributed by atoms with Crippen LogP contribution in [-0.4, -0.2) is 77.6 Å². The number of nitrogens with two attached hydrogens (primary N) is 1. The van der Waals surface area contributed by atoms with Gasteiger partial charge in [-0.2, -0.15) is 0 Å². The fourth-order valence-electron chi connectivity index (χ4n) is 4.88. The average Bonchev–Trinajstić information content (AvgIpc) is 2.88. The fourth-order valence-corrected chi connectivity index (χ4v) is 4.88. The number of hydrogen-bond donors (Lipinski definition) is 2. The molecule has 1 saturated carbocycles. The van der Waals surface area contributed by atoms with E-state index in [0.717, 1.165) is 25.7 Å². The highest BCUT2D eigenvalue weighted by atomic mass is 16.3. The first kappa shape index (κ1) is 19.6. The Kier molecular flexibility index (Phi) is 5.44. The molecule has 0 unspecified atom stereocenters. The number of primary amides is 1. The zero-order chi connectivity index (χ0) is 19.7. The van der Waals surface area contributed by atoms with Crippen molar-refractivity contribution < 1.29 is 14.7 Å². The number of hydrogen-bond acceptors (Lipinski definition) is 4. The van der Waals surface area contributed by atoms with Gasteiger partial charge in [0.2, 0.25) is 5.91 Å². The number of aliphatic hydroxyl groups excluding tert-OH is 1. The summed E-state index contributed by atoms with van der Waals surface area (Å²) in [4.78, 5) is 29.5. The molecule has 1 aliphatic carbocycles. The van der Waals surface area contributed by atoms with E-state index in [-0.39, 0.29) is 30.3 Å². The van der Waals surface area contributed by atoms with Crippen LogP contribution in [0.1, 0.15) is 31.2 Å². The predicted molar refractivity (Wildman–Crippen MR) is 103 cm³/mol. The zero-order valence-electron chi connectivity index (χ0n) is 16.2. The van der Waals surface area contributed by atoms with E-state index in [4.69, 9.17) is 5.73 Å². The van der Waals surface area contributed by atoms with Gasteiger partial charge in [0.25, 0.3) is 0 Å². The Morgan fingerprint density at radius 2 is 1.85 bits per heavy atom. The number of aliphatic hydroxyl groups is 1. The summed E-state index contributed by atoms with van der Waals surface area (Å²) in [6.45, 7) is 1.23. The molecule has 3 amide bonds. The SMILES string of the molecule is CN1C(=O)N(CC(N)=O)CC12CCC(c1ccccc1)(N(C)CCO)CC2. The zero-order valence-corrected chi connectivity index (χ0v) is 16.2. The van der Waals surface area contributed by atoms with Gasteiger partial charge in [-0.15, -0.1) is 0 Å². The number of carbonyl (C=O) groups is 2. The molecule has 0 aromatic heterocycles. The molecule has 2 aliphatic rings. The Balaban J connectivity index is 1.84. The number of rotatable bonds is 6. The van der Waals surface area contributed by atoms with Crippen molar-refractivity contribution in [2.75, 3.05) is 40.3 Å². The standard InChI is InChI=1S/C20H30N4O3/c1-22(12-13-25)20(16-6-4-3-5-7-16)10-8-19(9-11-20)15-24(14-17(21)26)18(27)23(19)2/h3-7,25H,8-15H2,1-2H3,(H2,21,26). The lowest BCUT2D eigenvalue weighted by molar-refractivity contribution is -0.118. The molecule has 1 aromatic carbocycles. The van der Waals surface area contributed by atoms with Crippen LogP contribution in [0.3, 0.4) is 0 Å². The molecule has 2 fully saturated rings. The van der Waals surface area contributed by atoms with Crippen molar-refractivity contribution in [3.05, 3.63) is 35.9 Å². The second-order valence-corrected chi connectivity index (χ2v) is 7.93. The molecule has 1 aromatic rings. The van der Waals surface area contributed by atoms with E-state index in [1.54, 1.807) is 9.80 Å². The topological polar surface area (TPSA) is 90.1 Å².